The van der Waals surface area contributed by atoms with E-state index in [4.69, 9.17) is 0 Å². The number of ether oxygens (including phenoxy) is 2. The maximum atomic E-state index is 12.5. The Bertz CT molecular complexity index is 410. The van der Waals surface area contributed by atoms with Crippen molar-refractivity contribution in [3.63, 3.8) is 0 Å². The SMILES string of the molecule is COc1c(I)cc(OC(F)(F)F)nc1C(F)F. The number of pyridine rings is 1. The Morgan fingerprint density at radius 2 is 1.94 bits per heavy atom. The van der Waals surface area contributed by atoms with Crippen molar-refractivity contribution in [1.82, 2.24) is 4.98 Å². The molecule has 17 heavy (non-hydrogen) atoms. The molecule has 0 radical (unpaired) electrons. The average molecular weight is 369 g/mol. The molecule has 0 bridgehead atoms. The molecule has 0 aliphatic rings. The van der Waals surface area contributed by atoms with Gasteiger partial charge in [-0.15, -0.1) is 13.2 Å². The second kappa shape index (κ2) is 5.19. The third-order valence-corrected chi connectivity index (χ3v) is 2.36. The zero-order valence-corrected chi connectivity index (χ0v) is 10.3. The molecule has 1 rings (SSSR count). The topological polar surface area (TPSA) is 31.4 Å². The van der Waals surface area contributed by atoms with E-state index in [1.54, 1.807) is 22.6 Å². The maximum absolute atomic E-state index is 12.5. The van der Waals surface area contributed by atoms with E-state index < -0.39 is 24.4 Å². The first-order chi connectivity index (χ1) is 7.74. The van der Waals surface area contributed by atoms with Crippen LogP contribution in [0.15, 0.2) is 6.07 Å². The van der Waals surface area contributed by atoms with Crippen LogP contribution in [0.1, 0.15) is 12.1 Å². The van der Waals surface area contributed by atoms with E-state index in [-0.39, 0.29) is 9.32 Å². The third-order valence-electron chi connectivity index (χ3n) is 1.56. The Balaban J connectivity index is 3.20. The Morgan fingerprint density at radius 3 is 2.35 bits per heavy atom. The molecule has 0 aromatic carbocycles. The monoisotopic (exact) mass is 369 g/mol. The highest BCUT2D eigenvalue weighted by atomic mass is 127. The van der Waals surface area contributed by atoms with Crippen molar-refractivity contribution in [2.75, 3.05) is 7.11 Å². The first-order valence-corrected chi connectivity index (χ1v) is 5.10. The summed E-state index contributed by atoms with van der Waals surface area (Å²) in [5, 5.41) is 0. The van der Waals surface area contributed by atoms with Gasteiger partial charge in [0.2, 0.25) is 5.88 Å². The predicted octanol–water partition coefficient (Wildman–Crippen LogP) is 3.53. The van der Waals surface area contributed by atoms with Gasteiger partial charge in [0.15, 0.2) is 11.4 Å². The van der Waals surface area contributed by atoms with Crippen LogP contribution in [0.4, 0.5) is 22.0 Å². The second-order valence-electron chi connectivity index (χ2n) is 2.71. The summed E-state index contributed by atoms with van der Waals surface area (Å²) in [4.78, 5) is 3.07. The highest BCUT2D eigenvalue weighted by molar-refractivity contribution is 14.1. The molecule has 0 amide bonds. The lowest BCUT2D eigenvalue weighted by molar-refractivity contribution is -0.276. The minimum atomic E-state index is -4.98. The van der Waals surface area contributed by atoms with E-state index in [1.807, 2.05) is 0 Å². The molecule has 0 aliphatic carbocycles. The number of hydrogen-bond donors (Lipinski definition) is 0. The first-order valence-electron chi connectivity index (χ1n) is 4.03. The molecule has 1 heterocycles. The van der Waals surface area contributed by atoms with Gasteiger partial charge in [0.25, 0.3) is 6.43 Å². The summed E-state index contributed by atoms with van der Waals surface area (Å²) in [6.07, 6.45) is -8.04. The van der Waals surface area contributed by atoms with Crippen molar-refractivity contribution >= 4 is 22.6 Å². The Kier molecular flexibility index (Phi) is 4.33. The quantitative estimate of drug-likeness (QED) is 0.604. The van der Waals surface area contributed by atoms with Gasteiger partial charge in [-0.3, -0.25) is 0 Å². The molecule has 0 fully saturated rings. The van der Waals surface area contributed by atoms with Gasteiger partial charge < -0.3 is 9.47 Å². The zero-order valence-electron chi connectivity index (χ0n) is 8.19. The lowest BCUT2D eigenvalue weighted by atomic mass is 10.3. The molecular formula is C8H5F5INO2. The fraction of sp³-hybridized carbons (Fsp3) is 0.375. The Morgan fingerprint density at radius 1 is 1.35 bits per heavy atom. The van der Waals surface area contributed by atoms with Crippen LogP contribution in [0.25, 0.3) is 0 Å². The fourth-order valence-corrected chi connectivity index (χ4v) is 1.78. The lowest BCUT2D eigenvalue weighted by Gasteiger charge is -2.13. The van der Waals surface area contributed by atoms with Gasteiger partial charge in [0.05, 0.1) is 10.7 Å². The van der Waals surface area contributed by atoms with Crippen LogP contribution in [0.5, 0.6) is 11.6 Å². The smallest absolute Gasteiger partial charge is 0.493 e. The molecule has 0 aliphatic heterocycles. The van der Waals surface area contributed by atoms with Crippen molar-refractivity contribution in [1.29, 1.82) is 0 Å². The lowest BCUT2D eigenvalue weighted by Crippen LogP contribution is -2.18. The maximum Gasteiger partial charge on any atom is 0.574 e. The molecule has 0 unspecified atom stereocenters. The number of nitrogens with zero attached hydrogens (tertiary/aromatic N) is 1. The van der Waals surface area contributed by atoms with Crippen LogP contribution in [0.3, 0.4) is 0 Å². The number of aromatic nitrogens is 1. The Hall–Kier alpha value is -0.870. The van der Waals surface area contributed by atoms with E-state index in [1.165, 1.54) is 0 Å². The minimum absolute atomic E-state index is 0.0506. The van der Waals surface area contributed by atoms with Crippen LogP contribution in [0, 0.1) is 3.57 Å². The van der Waals surface area contributed by atoms with E-state index in [2.05, 4.69) is 14.5 Å². The van der Waals surface area contributed by atoms with Crippen molar-refractivity contribution < 1.29 is 31.4 Å². The van der Waals surface area contributed by atoms with Crippen LogP contribution in [0.2, 0.25) is 0 Å². The van der Waals surface area contributed by atoms with E-state index in [0.717, 1.165) is 13.2 Å². The fourth-order valence-electron chi connectivity index (χ4n) is 1.02. The molecule has 0 atom stereocenters. The van der Waals surface area contributed by atoms with Crippen molar-refractivity contribution in [2.45, 2.75) is 12.8 Å². The van der Waals surface area contributed by atoms with E-state index in [9.17, 15) is 22.0 Å². The number of alkyl halides is 5. The summed E-state index contributed by atoms with van der Waals surface area (Å²) in [6.45, 7) is 0. The van der Waals surface area contributed by atoms with E-state index >= 15 is 0 Å². The summed E-state index contributed by atoms with van der Waals surface area (Å²) < 4.78 is 68.9. The molecule has 1 aromatic heterocycles. The summed E-state index contributed by atoms with van der Waals surface area (Å²) >= 11 is 1.55. The van der Waals surface area contributed by atoms with Crippen molar-refractivity contribution in [2.24, 2.45) is 0 Å². The van der Waals surface area contributed by atoms with Crippen LogP contribution >= 0.6 is 22.6 Å². The van der Waals surface area contributed by atoms with Gasteiger partial charge in [-0.25, -0.2) is 13.8 Å². The molecule has 9 heteroatoms. The van der Waals surface area contributed by atoms with Gasteiger partial charge in [0, 0.05) is 6.07 Å². The molecule has 0 N–H and O–H groups in total. The Labute approximate surface area is 106 Å². The normalized spacial score (nSPS) is 11.8. The minimum Gasteiger partial charge on any atom is -0.493 e. The average Bonchev–Trinajstić information content (AvgIpc) is 2.13. The standard InChI is InChI=1S/C8H5F5INO2/c1-16-6-3(14)2-4(17-8(11,12)13)15-5(6)7(9)10/h2,7H,1H3. The number of halogens is 6. The van der Waals surface area contributed by atoms with Gasteiger partial charge >= 0.3 is 6.36 Å². The largest absolute Gasteiger partial charge is 0.574 e. The number of rotatable bonds is 3. The second-order valence-corrected chi connectivity index (χ2v) is 3.87. The van der Waals surface area contributed by atoms with E-state index in [0.29, 0.717) is 0 Å². The molecule has 1 aromatic rings. The summed E-state index contributed by atoms with van der Waals surface area (Å²) in [5.74, 6) is -1.21. The summed E-state index contributed by atoms with van der Waals surface area (Å²) in [5.41, 5.74) is -0.890. The number of methoxy groups -OCH3 is 1. The number of hydrogen-bond acceptors (Lipinski definition) is 3. The van der Waals surface area contributed by atoms with Crippen LogP contribution in [-0.4, -0.2) is 18.5 Å². The molecule has 96 valence electrons. The van der Waals surface area contributed by atoms with Gasteiger partial charge in [-0.05, 0) is 22.6 Å². The van der Waals surface area contributed by atoms with Crippen LogP contribution in [-0.2, 0) is 0 Å². The van der Waals surface area contributed by atoms with Crippen LogP contribution < -0.4 is 9.47 Å². The molecule has 0 saturated carbocycles. The summed E-state index contributed by atoms with van der Waals surface area (Å²) in [6, 6.07) is 0.860. The van der Waals surface area contributed by atoms with Gasteiger partial charge in [-0.1, -0.05) is 0 Å². The molecule has 3 nitrogen and oxygen atoms in total. The van der Waals surface area contributed by atoms with Gasteiger partial charge in [0.1, 0.15) is 0 Å². The summed E-state index contributed by atoms with van der Waals surface area (Å²) in [7, 11) is 1.12. The highest BCUT2D eigenvalue weighted by Crippen LogP contribution is 2.35. The highest BCUT2D eigenvalue weighted by Gasteiger charge is 2.33. The van der Waals surface area contributed by atoms with Crippen molar-refractivity contribution in [3.8, 4) is 11.6 Å². The third kappa shape index (κ3) is 3.82. The predicted molar refractivity (Wildman–Crippen MR) is 55.1 cm³/mol. The molecule has 0 spiro atoms. The first kappa shape index (κ1) is 14.2. The van der Waals surface area contributed by atoms with Gasteiger partial charge in [-0.2, -0.15) is 0 Å². The molecular weight excluding hydrogens is 364 g/mol. The van der Waals surface area contributed by atoms with Crippen molar-refractivity contribution in [3.05, 3.63) is 15.3 Å². The zero-order chi connectivity index (χ0) is 13.2. The molecule has 0 saturated heterocycles.